The van der Waals surface area contributed by atoms with Gasteiger partial charge in [-0.2, -0.15) is 0 Å². The van der Waals surface area contributed by atoms with Crippen molar-refractivity contribution >= 4 is 44.4 Å². The number of carbonyl (C=O) groups excluding carboxylic acids is 1. The highest BCUT2D eigenvalue weighted by atomic mass is 79.9. The largest absolute Gasteiger partial charge is 0.480 e. The molecule has 0 spiro atoms. The Hall–Kier alpha value is -1.59. The summed E-state index contributed by atoms with van der Waals surface area (Å²) in [4.78, 5) is 26.0. The first-order chi connectivity index (χ1) is 8.02. The number of aliphatic carboxylic acids is 1. The van der Waals surface area contributed by atoms with E-state index in [2.05, 4.69) is 37.5 Å². The van der Waals surface area contributed by atoms with Crippen LogP contribution in [0.1, 0.15) is 6.42 Å². The molecule has 0 aliphatic heterocycles. The van der Waals surface area contributed by atoms with Crippen LogP contribution in [0.2, 0.25) is 0 Å². The van der Waals surface area contributed by atoms with Crippen LogP contribution in [-0.2, 0) is 4.79 Å². The topological polar surface area (TPSA) is 91.3 Å². The zero-order valence-corrected chi connectivity index (χ0v) is 10.8. The molecule has 90 valence electrons. The van der Waals surface area contributed by atoms with E-state index in [4.69, 9.17) is 11.5 Å². The molecule has 1 atom stereocenters. The predicted molar refractivity (Wildman–Crippen MR) is 66.8 cm³/mol. The average molecular weight is 318 g/mol. The maximum atomic E-state index is 11.4. The number of terminal acetylenes is 1. The van der Waals surface area contributed by atoms with E-state index in [1.165, 1.54) is 17.5 Å². The number of hydrogen-bond donors (Lipinski definition) is 3. The van der Waals surface area contributed by atoms with Gasteiger partial charge in [-0.25, -0.2) is 14.6 Å². The minimum Gasteiger partial charge on any atom is -0.480 e. The average Bonchev–Trinajstić information content (AvgIpc) is 2.63. The molecule has 1 aromatic rings. The quantitative estimate of drug-likeness (QED) is 0.734. The van der Waals surface area contributed by atoms with Gasteiger partial charge >= 0.3 is 12.0 Å². The number of urea groups is 1. The second-order valence-corrected chi connectivity index (χ2v) is 5.28. The van der Waals surface area contributed by atoms with Gasteiger partial charge in [0.2, 0.25) is 0 Å². The standard InChI is InChI=1S/C9H8BrN3O3S/c1-2-3-5(7(14)15)12-8(16)13-9-11-4-6(10)17-9/h1,4-5H,3H2,(H,14,15)(H2,11,12,13,16). The molecule has 0 radical (unpaired) electrons. The smallest absolute Gasteiger partial charge is 0.327 e. The van der Waals surface area contributed by atoms with Gasteiger partial charge in [0, 0.05) is 6.42 Å². The second-order valence-electron chi connectivity index (χ2n) is 2.87. The van der Waals surface area contributed by atoms with Crippen molar-refractivity contribution in [3.63, 3.8) is 0 Å². The molecule has 1 unspecified atom stereocenters. The van der Waals surface area contributed by atoms with Gasteiger partial charge in [0.05, 0.1) is 9.98 Å². The maximum Gasteiger partial charge on any atom is 0.327 e. The Morgan fingerprint density at radius 1 is 1.71 bits per heavy atom. The number of thiazole rings is 1. The van der Waals surface area contributed by atoms with Crippen molar-refractivity contribution < 1.29 is 14.7 Å². The van der Waals surface area contributed by atoms with Crippen LogP contribution in [0.3, 0.4) is 0 Å². The summed E-state index contributed by atoms with van der Waals surface area (Å²) >= 11 is 4.40. The van der Waals surface area contributed by atoms with Crippen molar-refractivity contribution in [2.24, 2.45) is 0 Å². The molecule has 0 saturated heterocycles. The van der Waals surface area contributed by atoms with Gasteiger partial charge in [0.1, 0.15) is 6.04 Å². The van der Waals surface area contributed by atoms with Gasteiger partial charge in [-0.15, -0.1) is 12.3 Å². The minimum atomic E-state index is -1.18. The lowest BCUT2D eigenvalue weighted by molar-refractivity contribution is -0.139. The van der Waals surface area contributed by atoms with Crippen LogP contribution in [0, 0.1) is 12.3 Å². The lowest BCUT2D eigenvalue weighted by Crippen LogP contribution is -2.42. The lowest BCUT2D eigenvalue weighted by Gasteiger charge is -2.11. The fourth-order valence-electron chi connectivity index (χ4n) is 0.922. The van der Waals surface area contributed by atoms with E-state index in [0.717, 1.165) is 3.79 Å². The molecule has 1 heterocycles. The van der Waals surface area contributed by atoms with E-state index >= 15 is 0 Å². The number of nitrogens with zero attached hydrogens (tertiary/aromatic N) is 1. The molecule has 8 heteroatoms. The first-order valence-electron chi connectivity index (χ1n) is 4.38. The third-order valence-electron chi connectivity index (χ3n) is 1.62. The van der Waals surface area contributed by atoms with Crippen molar-refractivity contribution in [2.75, 3.05) is 5.32 Å². The number of carboxylic acids is 1. The molecule has 0 aliphatic rings. The van der Waals surface area contributed by atoms with Crippen LogP contribution in [0.5, 0.6) is 0 Å². The Balaban J connectivity index is 2.54. The number of amides is 2. The number of anilines is 1. The highest BCUT2D eigenvalue weighted by Crippen LogP contribution is 2.22. The normalized spacial score (nSPS) is 11.3. The van der Waals surface area contributed by atoms with Gasteiger partial charge in [-0.05, 0) is 15.9 Å². The highest BCUT2D eigenvalue weighted by molar-refractivity contribution is 9.11. The summed E-state index contributed by atoms with van der Waals surface area (Å²) in [5, 5.41) is 13.8. The van der Waals surface area contributed by atoms with Crippen LogP contribution in [0.15, 0.2) is 9.98 Å². The van der Waals surface area contributed by atoms with Crippen LogP contribution in [0.4, 0.5) is 9.93 Å². The van der Waals surface area contributed by atoms with E-state index in [1.807, 2.05) is 0 Å². The maximum absolute atomic E-state index is 11.4. The van der Waals surface area contributed by atoms with Crippen LogP contribution < -0.4 is 10.6 Å². The number of halogens is 1. The number of aromatic nitrogens is 1. The van der Waals surface area contributed by atoms with E-state index in [-0.39, 0.29) is 6.42 Å². The zero-order chi connectivity index (χ0) is 12.8. The first kappa shape index (κ1) is 13.5. The molecule has 17 heavy (non-hydrogen) atoms. The monoisotopic (exact) mass is 317 g/mol. The fraction of sp³-hybridized carbons (Fsp3) is 0.222. The molecule has 6 nitrogen and oxygen atoms in total. The molecular weight excluding hydrogens is 310 g/mol. The molecule has 3 N–H and O–H groups in total. The molecule has 0 aliphatic carbocycles. The summed E-state index contributed by atoms with van der Waals surface area (Å²) in [6, 6.07) is -1.77. The molecule has 0 saturated carbocycles. The minimum absolute atomic E-state index is 0.0791. The van der Waals surface area contributed by atoms with Crippen LogP contribution >= 0.6 is 27.3 Å². The van der Waals surface area contributed by atoms with E-state index in [1.54, 1.807) is 0 Å². The summed E-state index contributed by atoms with van der Waals surface area (Å²) in [6.45, 7) is 0. The Morgan fingerprint density at radius 2 is 2.41 bits per heavy atom. The Morgan fingerprint density at radius 3 is 2.88 bits per heavy atom. The highest BCUT2D eigenvalue weighted by Gasteiger charge is 2.19. The van der Waals surface area contributed by atoms with Crippen molar-refractivity contribution in [3.8, 4) is 12.3 Å². The predicted octanol–water partition coefficient (Wildman–Crippen LogP) is 1.50. The van der Waals surface area contributed by atoms with E-state index in [9.17, 15) is 9.59 Å². The Kier molecular flexibility index (Phi) is 4.93. The molecule has 1 rings (SSSR count). The lowest BCUT2D eigenvalue weighted by atomic mass is 10.2. The number of hydrogen-bond acceptors (Lipinski definition) is 4. The molecular formula is C9H8BrN3O3S. The van der Waals surface area contributed by atoms with Gasteiger partial charge in [-0.1, -0.05) is 11.3 Å². The third kappa shape index (κ3) is 4.42. The van der Waals surface area contributed by atoms with E-state index in [0.29, 0.717) is 5.13 Å². The Labute approximate surface area is 110 Å². The molecule has 0 bridgehead atoms. The zero-order valence-electron chi connectivity index (χ0n) is 8.44. The first-order valence-corrected chi connectivity index (χ1v) is 5.99. The molecule has 1 aromatic heterocycles. The number of nitrogens with one attached hydrogen (secondary N) is 2. The number of carboxylic acid groups (broad SMARTS) is 1. The summed E-state index contributed by atoms with van der Waals surface area (Å²) in [5.74, 6) is 0.997. The summed E-state index contributed by atoms with van der Waals surface area (Å²) in [5.41, 5.74) is 0. The van der Waals surface area contributed by atoms with Gasteiger partial charge in [0.25, 0.3) is 0 Å². The van der Waals surface area contributed by atoms with Crippen LogP contribution in [0.25, 0.3) is 0 Å². The third-order valence-corrected chi connectivity index (χ3v) is 3.01. The van der Waals surface area contributed by atoms with Crippen LogP contribution in [-0.4, -0.2) is 28.1 Å². The Bertz CT molecular complexity index is 468. The SMILES string of the molecule is C#CCC(NC(=O)Nc1ncc(Br)s1)C(=O)O. The van der Waals surface area contributed by atoms with E-state index < -0.39 is 18.0 Å². The van der Waals surface area contributed by atoms with Gasteiger partial charge in [-0.3, -0.25) is 5.32 Å². The van der Waals surface area contributed by atoms with Crippen molar-refractivity contribution in [3.05, 3.63) is 9.98 Å². The molecule has 0 aromatic carbocycles. The number of rotatable bonds is 4. The van der Waals surface area contributed by atoms with Gasteiger partial charge in [0.15, 0.2) is 5.13 Å². The fourth-order valence-corrected chi connectivity index (χ4v) is 2.02. The second kappa shape index (κ2) is 6.22. The summed E-state index contributed by atoms with van der Waals surface area (Å²) < 4.78 is 0.756. The van der Waals surface area contributed by atoms with Gasteiger partial charge < -0.3 is 10.4 Å². The summed E-state index contributed by atoms with van der Waals surface area (Å²) in [6.07, 6.45) is 6.44. The van der Waals surface area contributed by atoms with Crippen molar-refractivity contribution in [2.45, 2.75) is 12.5 Å². The number of carbonyl (C=O) groups is 2. The van der Waals surface area contributed by atoms with Crippen molar-refractivity contribution in [1.82, 2.24) is 10.3 Å². The summed E-state index contributed by atoms with van der Waals surface area (Å²) in [7, 11) is 0. The molecule has 2 amide bonds. The molecule has 0 fully saturated rings. The van der Waals surface area contributed by atoms with Crippen molar-refractivity contribution in [1.29, 1.82) is 0 Å².